The second kappa shape index (κ2) is 6.63. The lowest BCUT2D eigenvalue weighted by atomic mass is 9.94. The molecule has 1 aromatic carbocycles. The van der Waals surface area contributed by atoms with E-state index in [9.17, 15) is 4.79 Å². The van der Waals surface area contributed by atoms with Gasteiger partial charge < -0.3 is 4.90 Å². The number of likely N-dealkylation sites (tertiary alicyclic amines) is 1. The van der Waals surface area contributed by atoms with E-state index in [1.165, 1.54) is 12.0 Å². The first kappa shape index (κ1) is 14.6. The summed E-state index contributed by atoms with van der Waals surface area (Å²) in [4.78, 5) is 14.6. The second-order valence-corrected chi connectivity index (χ2v) is 6.72. The van der Waals surface area contributed by atoms with Crippen molar-refractivity contribution in [2.75, 3.05) is 13.1 Å². The van der Waals surface area contributed by atoms with Crippen LogP contribution in [-0.4, -0.2) is 23.9 Å². The van der Waals surface area contributed by atoms with E-state index in [2.05, 4.69) is 12.1 Å². The SMILES string of the molecule is O=C(c1ccsc1)N1CCCC[C@H](c2ccc(Cl)cc2)C1. The fraction of sp³-hybridized carbons (Fsp3) is 0.353. The number of rotatable bonds is 2. The van der Waals surface area contributed by atoms with Crippen LogP contribution in [0.1, 0.15) is 41.1 Å². The van der Waals surface area contributed by atoms with Gasteiger partial charge in [0.15, 0.2) is 0 Å². The number of carbonyl (C=O) groups excluding carboxylic acids is 1. The highest BCUT2D eigenvalue weighted by Crippen LogP contribution is 2.28. The average molecular weight is 320 g/mol. The lowest BCUT2D eigenvalue weighted by molar-refractivity contribution is 0.0755. The third-order valence-electron chi connectivity index (χ3n) is 4.07. The molecule has 1 aromatic heterocycles. The molecule has 2 aromatic rings. The Morgan fingerprint density at radius 1 is 1.19 bits per heavy atom. The monoisotopic (exact) mass is 319 g/mol. The average Bonchev–Trinajstić information content (AvgIpc) is 2.92. The minimum atomic E-state index is 0.164. The Bertz CT molecular complexity index is 594. The van der Waals surface area contributed by atoms with Crippen LogP contribution in [0.2, 0.25) is 5.02 Å². The van der Waals surface area contributed by atoms with Crippen molar-refractivity contribution in [3.63, 3.8) is 0 Å². The minimum Gasteiger partial charge on any atom is -0.338 e. The first-order chi connectivity index (χ1) is 10.2. The molecule has 0 radical (unpaired) electrons. The van der Waals surface area contributed by atoms with E-state index in [4.69, 9.17) is 11.6 Å². The molecule has 0 spiro atoms. The topological polar surface area (TPSA) is 20.3 Å². The standard InChI is InChI=1S/C17H18ClNOS/c18-16-6-4-13(5-7-16)14-3-1-2-9-19(11-14)17(20)15-8-10-21-12-15/h4-8,10,12,14H,1-3,9,11H2/t14-/m0/s1. The Balaban J connectivity index is 1.77. The molecule has 1 saturated heterocycles. The van der Waals surface area contributed by atoms with E-state index in [1.807, 2.05) is 33.9 Å². The van der Waals surface area contributed by atoms with Crippen LogP contribution in [0.4, 0.5) is 0 Å². The number of hydrogen-bond donors (Lipinski definition) is 0. The van der Waals surface area contributed by atoms with Crippen LogP contribution in [0.3, 0.4) is 0 Å². The summed E-state index contributed by atoms with van der Waals surface area (Å²) >= 11 is 7.54. The predicted octanol–water partition coefficient (Wildman–Crippen LogP) is 4.81. The van der Waals surface area contributed by atoms with E-state index in [0.717, 1.165) is 36.5 Å². The van der Waals surface area contributed by atoms with Crippen molar-refractivity contribution >= 4 is 28.8 Å². The lowest BCUT2D eigenvalue weighted by Crippen LogP contribution is -2.33. The van der Waals surface area contributed by atoms with Gasteiger partial charge in [0.2, 0.25) is 0 Å². The first-order valence-electron chi connectivity index (χ1n) is 7.31. The summed E-state index contributed by atoms with van der Waals surface area (Å²) in [7, 11) is 0. The van der Waals surface area contributed by atoms with Crippen LogP contribution in [-0.2, 0) is 0 Å². The summed E-state index contributed by atoms with van der Waals surface area (Å²) in [5.41, 5.74) is 2.10. The smallest absolute Gasteiger partial charge is 0.254 e. The number of amides is 1. The summed E-state index contributed by atoms with van der Waals surface area (Å²) < 4.78 is 0. The third-order valence-corrected chi connectivity index (χ3v) is 5.00. The number of halogens is 1. The van der Waals surface area contributed by atoms with E-state index in [0.29, 0.717) is 5.92 Å². The largest absolute Gasteiger partial charge is 0.338 e. The van der Waals surface area contributed by atoms with Gasteiger partial charge in [0, 0.05) is 29.4 Å². The van der Waals surface area contributed by atoms with Crippen molar-refractivity contribution in [3.8, 4) is 0 Å². The molecule has 1 amide bonds. The van der Waals surface area contributed by atoms with Gasteiger partial charge in [-0.1, -0.05) is 30.2 Å². The number of hydrogen-bond acceptors (Lipinski definition) is 2. The summed E-state index contributed by atoms with van der Waals surface area (Å²) in [5.74, 6) is 0.574. The molecular weight excluding hydrogens is 302 g/mol. The van der Waals surface area contributed by atoms with Gasteiger partial charge in [0.05, 0.1) is 5.56 Å². The molecule has 0 aliphatic carbocycles. The Kier molecular flexibility index (Phi) is 4.61. The van der Waals surface area contributed by atoms with Crippen LogP contribution >= 0.6 is 22.9 Å². The van der Waals surface area contributed by atoms with E-state index >= 15 is 0 Å². The van der Waals surface area contributed by atoms with E-state index in [1.54, 1.807) is 11.3 Å². The van der Waals surface area contributed by atoms with Crippen molar-refractivity contribution in [1.82, 2.24) is 4.90 Å². The van der Waals surface area contributed by atoms with Gasteiger partial charge in [-0.05, 0) is 42.0 Å². The molecule has 0 N–H and O–H groups in total. The van der Waals surface area contributed by atoms with E-state index in [-0.39, 0.29) is 5.91 Å². The maximum atomic E-state index is 12.6. The summed E-state index contributed by atoms with van der Waals surface area (Å²) in [6, 6.07) is 9.96. The molecule has 1 aliphatic heterocycles. The Hall–Kier alpha value is -1.32. The highest BCUT2D eigenvalue weighted by molar-refractivity contribution is 7.08. The van der Waals surface area contributed by atoms with Crippen molar-refractivity contribution in [2.24, 2.45) is 0 Å². The van der Waals surface area contributed by atoms with Crippen LogP contribution < -0.4 is 0 Å². The van der Waals surface area contributed by atoms with Gasteiger partial charge in [-0.3, -0.25) is 4.79 Å². The zero-order valence-electron chi connectivity index (χ0n) is 11.8. The maximum absolute atomic E-state index is 12.6. The molecule has 1 atom stereocenters. The molecule has 2 nitrogen and oxygen atoms in total. The predicted molar refractivity (Wildman–Crippen MR) is 88.3 cm³/mol. The van der Waals surface area contributed by atoms with Gasteiger partial charge in [0.25, 0.3) is 5.91 Å². The summed E-state index contributed by atoms with van der Waals surface area (Å²) in [5, 5.41) is 4.66. The molecule has 1 aliphatic rings. The van der Waals surface area contributed by atoms with Crippen molar-refractivity contribution < 1.29 is 4.79 Å². The Morgan fingerprint density at radius 2 is 2.00 bits per heavy atom. The number of nitrogens with zero attached hydrogens (tertiary/aromatic N) is 1. The summed E-state index contributed by atoms with van der Waals surface area (Å²) in [6.45, 7) is 1.66. The van der Waals surface area contributed by atoms with Crippen molar-refractivity contribution in [1.29, 1.82) is 0 Å². The van der Waals surface area contributed by atoms with Crippen molar-refractivity contribution in [3.05, 3.63) is 57.2 Å². The molecule has 2 heterocycles. The van der Waals surface area contributed by atoms with Crippen LogP contribution in [0.5, 0.6) is 0 Å². The van der Waals surface area contributed by atoms with Crippen LogP contribution in [0, 0.1) is 0 Å². The fourth-order valence-electron chi connectivity index (χ4n) is 2.90. The number of carbonyl (C=O) groups is 1. The van der Waals surface area contributed by atoms with Crippen LogP contribution in [0.25, 0.3) is 0 Å². The summed E-state index contributed by atoms with van der Waals surface area (Å²) in [6.07, 6.45) is 3.38. The normalized spacial score (nSPS) is 19.3. The van der Waals surface area contributed by atoms with Gasteiger partial charge in [-0.2, -0.15) is 11.3 Å². The highest BCUT2D eigenvalue weighted by Gasteiger charge is 2.24. The van der Waals surface area contributed by atoms with Gasteiger partial charge >= 0.3 is 0 Å². The van der Waals surface area contributed by atoms with Gasteiger partial charge in [0.1, 0.15) is 0 Å². The van der Waals surface area contributed by atoms with Crippen molar-refractivity contribution in [2.45, 2.75) is 25.2 Å². The molecule has 3 rings (SSSR count). The number of benzene rings is 1. The minimum absolute atomic E-state index is 0.164. The van der Waals surface area contributed by atoms with E-state index < -0.39 is 0 Å². The highest BCUT2D eigenvalue weighted by atomic mass is 35.5. The Labute approximate surface area is 134 Å². The first-order valence-corrected chi connectivity index (χ1v) is 8.63. The molecule has 0 saturated carbocycles. The van der Waals surface area contributed by atoms with Crippen LogP contribution in [0.15, 0.2) is 41.1 Å². The molecule has 1 fully saturated rings. The fourth-order valence-corrected chi connectivity index (χ4v) is 3.66. The number of thiophene rings is 1. The Morgan fingerprint density at radius 3 is 2.71 bits per heavy atom. The molecule has 4 heteroatoms. The van der Waals surface area contributed by atoms with Gasteiger partial charge in [-0.15, -0.1) is 0 Å². The lowest BCUT2D eigenvalue weighted by Gasteiger charge is -2.24. The molecule has 0 bridgehead atoms. The molecular formula is C17H18ClNOS. The second-order valence-electron chi connectivity index (χ2n) is 5.51. The molecule has 110 valence electrons. The van der Waals surface area contributed by atoms with Gasteiger partial charge in [-0.25, -0.2) is 0 Å². The maximum Gasteiger partial charge on any atom is 0.254 e. The third kappa shape index (κ3) is 3.47. The quantitative estimate of drug-likeness (QED) is 0.777. The zero-order valence-corrected chi connectivity index (χ0v) is 13.4. The molecule has 0 unspecified atom stereocenters. The zero-order chi connectivity index (χ0) is 14.7. The molecule has 21 heavy (non-hydrogen) atoms.